The van der Waals surface area contributed by atoms with Gasteiger partial charge in [-0.25, -0.2) is 0 Å². The molecular weight excluding hydrogens is 348 g/mol. The summed E-state index contributed by atoms with van der Waals surface area (Å²) in [5.41, 5.74) is 3.52. The Kier molecular flexibility index (Phi) is 4.12. The smallest absolute Gasteiger partial charge is 0.256 e. The van der Waals surface area contributed by atoms with Gasteiger partial charge in [-0.05, 0) is 60.2 Å². The number of nitrogens with zero attached hydrogens (tertiary/aromatic N) is 1. The highest BCUT2D eigenvalue weighted by atomic mass is 16.2. The van der Waals surface area contributed by atoms with Crippen LogP contribution in [0.5, 0.6) is 0 Å². The average Bonchev–Trinajstić information content (AvgIpc) is 3.58. The van der Waals surface area contributed by atoms with Crippen molar-refractivity contribution in [3.8, 4) is 0 Å². The van der Waals surface area contributed by atoms with Crippen molar-refractivity contribution < 1.29 is 9.59 Å². The van der Waals surface area contributed by atoms with Gasteiger partial charge in [0.05, 0.1) is 0 Å². The topological polar surface area (TPSA) is 49.4 Å². The zero-order valence-corrected chi connectivity index (χ0v) is 15.7. The number of amides is 2. The number of carbonyl (C=O) groups is 2. The van der Waals surface area contributed by atoms with E-state index in [4.69, 9.17) is 0 Å². The van der Waals surface area contributed by atoms with Crippen LogP contribution in [-0.2, 0) is 11.2 Å². The van der Waals surface area contributed by atoms with Crippen LogP contribution in [0.25, 0.3) is 10.8 Å². The average molecular weight is 370 g/mol. The van der Waals surface area contributed by atoms with Crippen LogP contribution in [0.3, 0.4) is 0 Å². The number of anilines is 2. The van der Waals surface area contributed by atoms with E-state index in [-0.39, 0.29) is 17.7 Å². The molecule has 4 nitrogen and oxygen atoms in total. The first kappa shape index (κ1) is 17.0. The zero-order chi connectivity index (χ0) is 19.1. The van der Waals surface area contributed by atoms with E-state index >= 15 is 0 Å². The van der Waals surface area contributed by atoms with Crippen molar-refractivity contribution in [2.75, 3.05) is 16.8 Å². The standard InChI is InChI=1S/C24H22N2O2/c27-23(21-9-3-6-16-5-1-2-8-20(16)21)25-19-13-12-17-7-4-14-26(22(17)15-19)24(28)18-10-11-18/h1-3,5-6,8-9,12-13,15,18H,4,7,10-11,14H2,(H,25,27). The lowest BCUT2D eigenvalue weighted by Gasteiger charge is -2.30. The lowest BCUT2D eigenvalue weighted by molar-refractivity contribution is -0.119. The van der Waals surface area contributed by atoms with Gasteiger partial charge >= 0.3 is 0 Å². The number of hydrogen-bond donors (Lipinski definition) is 1. The molecule has 28 heavy (non-hydrogen) atoms. The molecule has 0 unspecified atom stereocenters. The molecule has 0 bridgehead atoms. The molecule has 3 aromatic carbocycles. The highest BCUT2D eigenvalue weighted by Crippen LogP contribution is 2.37. The quantitative estimate of drug-likeness (QED) is 0.721. The van der Waals surface area contributed by atoms with Crippen molar-refractivity contribution >= 4 is 34.0 Å². The first-order valence-electron chi connectivity index (χ1n) is 9.94. The summed E-state index contributed by atoms with van der Waals surface area (Å²) in [5, 5.41) is 5.01. The Morgan fingerprint density at radius 1 is 0.964 bits per heavy atom. The van der Waals surface area contributed by atoms with Crippen molar-refractivity contribution in [3.63, 3.8) is 0 Å². The molecule has 0 atom stereocenters. The van der Waals surface area contributed by atoms with E-state index in [1.54, 1.807) is 0 Å². The molecule has 0 radical (unpaired) electrons. The number of nitrogens with one attached hydrogen (secondary N) is 1. The van der Waals surface area contributed by atoms with Crippen LogP contribution in [0.2, 0.25) is 0 Å². The second-order valence-corrected chi connectivity index (χ2v) is 7.69. The molecule has 1 saturated carbocycles. The summed E-state index contributed by atoms with van der Waals surface area (Å²) >= 11 is 0. The number of hydrogen-bond acceptors (Lipinski definition) is 2. The Hall–Kier alpha value is -3.14. The fraction of sp³-hybridized carbons (Fsp3) is 0.250. The third kappa shape index (κ3) is 3.05. The summed E-state index contributed by atoms with van der Waals surface area (Å²) in [5.74, 6) is 0.297. The molecule has 1 heterocycles. The maximum absolute atomic E-state index is 12.9. The van der Waals surface area contributed by atoms with E-state index in [1.807, 2.05) is 65.6 Å². The molecule has 5 rings (SSSR count). The molecule has 0 saturated heterocycles. The Labute approximate surface area is 164 Å². The van der Waals surface area contributed by atoms with E-state index < -0.39 is 0 Å². The van der Waals surface area contributed by atoms with E-state index in [0.717, 1.165) is 54.4 Å². The molecule has 4 heteroatoms. The SMILES string of the molecule is O=C(Nc1ccc2c(c1)N(C(=O)C1CC1)CCC2)c1cccc2ccccc12. The molecule has 140 valence electrons. The van der Waals surface area contributed by atoms with Crippen molar-refractivity contribution in [2.24, 2.45) is 5.92 Å². The number of fused-ring (bicyclic) bond motifs is 2. The fourth-order valence-corrected chi connectivity index (χ4v) is 4.05. The molecule has 2 aliphatic rings. The minimum absolute atomic E-state index is 0.132. The molecule has 1 aliphatic heterocycles. The van der Waals surface area contributed by atoms with E-state index in [9.17, 15) is 9.59 Å². The number of rotatable bonds is 3. The third-order valence-electron chi connectivity index (χ3n) is 5.69. The predicted molar refractivity (Wildman–Crippen MR) is 112 cm³/mol. The van der Waals surface area contributed by atoms with Gasteiger partial charge in [0.2, 0.25) is 5.91 Å². The second kappa shape index (κ2) is 6.79. The van der Waals surface area contributed by atoms with Crippen molar-refractivity contribution in [2.45, 2.75) is 25.7 Å². The first-order valence-corrected chi connectivity index (χ1v) is 9.94. The molecule has 3 aromatic rings. The van der Waals surface area contributed by atoms with Gasteiger partial charge in [0, 0.05) is 29.4 Å². The summed E-state index contributed by atoms with van der Waals surface area (Å²) in [6.07, 6.45) is 3.97. The molecular formula is C24H22N2O2. The Balaban J connectivity index is 1.45. The van der Waals surface area contributed by atoms with Crippen molar-refractivity contribution in [1.29, 1.82) is 0 Å². The van der Waals surface area contributed by atoms with E-state index in [2.05, 4.69) is 5.32 Å². The number of aryl methyl sites for hydroxylation is 1. The van der Waals surface area contributed by atoms with E-state index in [0.29, 0.717) is 5.56 Å². The Morgan fingerprint density at radius 2 is 1.79 bits per heavy atom. The zero-order valence-electron chi connectivity index (χ0n) is 15.7. The summed E-state index contributed by atoms with van der Waals surface area (Å²) in [6.45, 7) is 0.767. The van der Waals surface area contributed by atoms with Gasteiger partial charge in [-0.3, -0.25) is 9.59 Å². The largest absolute Gasteiger partial charge is 0.322 e. The molecule has 1 N–H and O–H groups in total. The minimum atomic E-state index is -0.132. The lowest BCUT2D eigenvalue weighted by atomic mass is 10.00. The number of benzene rings is 3. The van der Waals surface area contributed by atoms with Gasteiger partial charge in [-0.1, -0.05) is 42.5 Å². The van der Waals surface area contributed by atoms with Crippen LogP contribution in [-0.4, -0.2) is 18.4 Å². The monoisotopic (exact) mass is 370 g/mol. The molecule has 0 spiro atoms. The van der Waals surface area contributed by atoms with Crippen LogP contribution in [0.1, 0.15) is 35.2 Å². The summed E-state index contributed by atoms with van der Waals surface area (Å²) in [6, 6.07) is 19.6. The van der Waals surface area contributed by atoms with Crippen LogP contribution < -0.4 is 10.2 Å². The van der Waals surface area contributed by atoms with Crippen molar-refractivity contribution in [1.82, 2.24) is 0 Å². The van der Waals surface area contributed by atoms with Crippen LogP contribution in [0.4, 0.5) is 11.4 Å². The van der Waals surface area contributed by atoms with Crippen LogP contribution >= 0.6 is 0 Å². The van der Waals surface area contributed by atoms with Gasteiger partial charge in [0.1, 0.15) is 0 Å². The van der Waals surface area contributed by atoms with Crippen LogP contribution in [0.15, 0.2) is 60.7 Å². The first-order chi connectivity index (χ1) is 13.7. The third-order valence-corrected chi connectivity index (χ3v) is 5.69. The maximum atomic E-state index is 12.9. The van der Waals surface area contributed by atoms with Gasteiger partial charge in [0.25, 0.3) is 5.91 Å². The summed E-state index contributed by atoms with van der Waals surface area (Å²) in [7, 11) is 0. The molecule has 0 aromatic heterocycles. The van der Waals surface area contributed by atoms with Gasteiger partial charge in [-0.2, -0.15) is 0 Å². The fourth-order valence-electron chi connectivity index (χ4n) is 4.05. The molecule has 1 aliphatic carbocycles. The van der Waals surface area contributed by atoms with Crippen LogP contribution in [0, 0.1) is 5.92 Å². The Morgan fingerprint density at radius 3 is 2.64 bits per heavy atom. The predicted octanol–water partition coefficient (Wildman–Crippen LogP) is 4.78. The minimum Gasteiger partial charge on any atom is -0.322 e. The normalized spacial score (nSPS) is 15.9. The summed E-state index contributed by atoms with van der Waals surface area (Å²) < 4.78 is 0. The second-order valence-electron chi connectivity index (χ2n) is 7.69. The lowest BCUT2D eigenvalue weighted by Crippen LogP contribution is -2.36. The van der Waals surface area contributed by atoms with E-state index in [1.165, 1.54) is 5.56 Å². The van der Waals surface area contributed by atoms with Gasteiger partial charge in [0.15, 0.2) is 0 Å². The number of carbonyl (C=O) groups excluding carboxylic acids is 2. The maximum Gasteiger partial charge on any atom is 0.256 e. The van der Waals surface area contributed by atoms with Gasteiger partial charge < -0.3 is 10.2 Å². The highest BCUT2D eigenvalue weighted by molar-refractivity contribution is 6.13. The molecule has 2 amide bonds. The highest BCUT2D eigenvalue weighted by Gasteiger charge is 2.35. The Bertz CT molecular complexity index is 1080. The summed E-state index contributed by atoms with van der Waals surface area (Å²) in [4.78, 5) is 27.5. The molecule has 1 fully saturated rings. The van der Waals surface area contributed by atoms with Gasteiger partial charge in [-0.15, -0.1) is 0 Å². The van der Waals surface area contributed by atoms with Crippen molar-refractivity contribution in [3.05, 3.63) is 71.8 Å².